The summed E-state index contributed by atoms with van der Waals surface area (Å²) in [7, 11) is 0. The molecule has 0 bridgehead atoms. The van der Waals surface area contributed by atoms with Crippen LogP contribution in [0.15, 0.2) is 78.9 Å². The number of amides is 3. The van der Waals surface area contributed by atoms with Gasteiger partial charge < -0.3 is 10.2 Å². The van der Waals surface area contributed by atoms with Crippen molar-refractivity contribution < 1.29 is 14.4 Å². The Morgan fingerprint density at radius 3 is 2.13 bits per heavy atom. The zero-order chi connectivity index (χ0) is 21.5. The predicted octanol–water partition coefficient (Wildman–Crippen LogP) is 3.87. The van der Waals surface area contributed by atoms with Gasteiger partial charge in [-0.2, -0.15) is 0 Å². The molecule has 31 heavy (non-hydrogen) atoms. The first-order valence-electron chi connectivity index (χ1n) is 10.2. The number of fused-ring (bicyclic) bond motifs is 2. The molecule has 6 nitrogen and oxygen atoms in total. The van der Waals surface area contributed by atoms with E-state index >= 15 is 0 Å². The normalized spacial score (nSPS) is 18.3. The fourth-order valence-corrected chi connectivity index (χ4v) is 4.32. The molecular formula is C25H21N3O3. The lowest BCUT2D eigenvalue weighted by Crippen LogP contribution is -2.52. The largest absolute Gasteiger partial charge is 0.375 e. The number of hydrogen-bond acceptors (Lipinski definition) is 4. The molecule has 2 atom stereocenters. The zero-order valence-electron chi connectivity index (χ0n) is 17.0. The Morgan fingerprint density at radius 1 is 0.871 bits per heavy atom. The van der Waals surface area contributed by atoms with Crippen LogP contribution in [0.4, 0.5) is 11.4 Å². The molecule has 0 saturated heterocycles. The van der Waals surface area contributed by atoms with Crippen molar-refractivity contribution in [1.82, 2.24) is 4.90 Å². The van der Waals surface area contributed by atoms with Crippen LogP contribution in [-0.2, 0) is 4.79 Å². The molecule has 2 aliphatic heterocycles. The number of rotatable bonds is 3. The summed E-state index contributed by atoms with van der Waals surface area (Å²) in [4.78, 5) is 42.2. The van der Waals surface area contributed by atoms with E-state index in [1.165, 1.54) is 0 Å². The molecule has 1 N–H and O–H groups in total. The summed E-state index contributed by atoms with van der Waals surface area (Å²) in [5, 5.41) is 3.50. The molecule has 6 heteroatoms. The first kappa shape index (κ1) is 19.1. The fourth-order valence-electron chi connectivity index (χ4n) is 4.32. The second kappa shape index (κ2) is 7.40. The summed E-state index contributed by atoms with van der Waals surface area (Å²) >= 11 is 0. The van der Waals surface area contributed by atoms with Gasteiger partial charge in [-0.3, -0.25) is 19.3 Å². The summed E-state index contributed by atoms with van der Waals surface area (Å²) in [6.45, 7) is 2.01. The molecule has 5 rings (SSSR count). The highest BCUT2D eigenvalue weighted by molar-refractivity contribution is 6.23. The van der Waals surface area contributed by atoms with Gasteiger partial charge in [0.15, 0.2) is 0 Å². The summed E-state index contributed by atoms with van der Waals surface area (Å²) in [5.74, 6) is -1.14. The highest BCUT2D eigenvalue weighted by Gasteiger charge is 2.43. The number of imide groups is 1. The molecule has 0 spiro atoms. The number of anilines is 2. The summed E-state index contributed by atoms with van der Waals surface area (Å²) < 4.78 is 0. The van der Waals surface area contributed by atoms with E-state index in [-0.39, 0.29) is 11.9 Å². The maximum atomic E-state index is 13.6. The predicted molar refractivity (Wildman–Crippen MR) is 118 cm³/mol. The van der Waals surface area contributed by atoms with Crippen LogP contribution in [0.25, 0.3) is 0 Å². The minimum Gasteiger partial charge on any atom is -0.375 e. The van der Waals surface area contributed by atoms with Crippen LogP contribution in [0.5, 0.6) is 0 Å². The highest BCUT2D eigenvalue weighted by Crippen LogP contribution is 2.36. The first-order valence-corrected chi connectivity index (χ1v) is 10.2. The van der Waals surface area contributed by atoms with E-state index in [9.17, 15) is 14.4 Å². The van der Waals surface area contributed by atoms with Crippen molar-refractivity contribution in [3.8, 4) is 0 Å². The average molecular weight is 411 g/mol. The second-order valence-electron chi connectivity index (χ2n) is 7.78. The Hall–Kier alpha value is -3.93. The molecule has 0 aliphatic carbocycles. The molecule has 2 unspecified atom stereocenters. The van der Waals surface area contributed by atoms with Crippen molar-refractivity contribution >= 4 is 29.1 Å². The van der Waals surface area contributed by atoms with E-state index in [0.717, 1.165) is 21.8 Å². The number of nitrogens with one attached hydrogen (secondary N) is 1. The van der Waals surface area contributed by atoms with E-state index in [0.29, 0.717) is 17.7 Å². The molecule has 0 saturated carbocycles. The number of hydrogen-bond donors (Lipinski definition) is 1. The molecule has 0 aromatic heterocycles. The summed E-state index contributed by atoms with van der Waals surface area (Å²) in [6.07, 6.45) is 0. The Labute approximate surface area is 180 Å². The van der Waals surface area contributed by atoms with Crippen molar-refractivity contribution in [1.29, 1.82) is 0 Å². The van der Waals surface area contributed by atoms with E-state index < -0.39 is 17.9 Å². The van der Waals surface area contributed by atoms with Crippen LogP contribution >= 0.6 is 0 Å². The number of carbonyl (C=O) groups excluding carboxylic acids is 3. The summed E-state index contributed by atoms with van der Waals surface area (Å²) in [6, 6.07) is 23.2. The van der Waals surface area contributed by atoms with Crippen molar-refractivity contribution in [2.45, 2.75) is 19.0 Å². The van der Waals surface area contributed by atoms with Crippen LogP contribution < -0.4 is 10.2 Å². The lowest BCUT2D eigenvalue weighted by molar-refractivity contribution is -0.122. The van der Waals surface area contributed by atoms with Gasteiger partial charge in [0.1, 0.15) is 6.04 Å². The molecule has 2 heterocycles. The first-order chi connectivity index (χ1) is 15.1. The molecule has 3 aromatic rings. The van der Waals surface area contributed by atoms with E-state index in [1.54, 1.807) is 36.1 Å². The number of nitrogens with zero attached hydrogens (tertiary/aromatic N) is 2. The number of para-hydroxylation sites is 2. The Kier molecular flexibility index (Phi) is 4.55. The highest BCUT2D eigenvalue weighted by atomic mass is 16.2. The van der Waals surface area contributed by atoms with Crippen molar-refractivity contribution in [2.75, 3.05) is 16.8 Å². The second-order valence-corrected chi connectivity index (χ2v) is 7.78. The van der Waals surface area contributed by atoms with Gasteiger partial charge in [0.05, 0.1) is 35.1 Å². The van der Waals surface area contributed by atoms with Crippen LogP contribution in [0, 0.1) is 0 Å². The molecule has 0 radical (unpaired) electrons. The minimum absolute atomic E-state index is 0.102. The molecule has 3 amide bonds. The van der Waals surface area contributed by atoms with Crippen molar-refractivity contribution in [2.24, 2.45) is 0 Å². The van der Waals surface area contributed by atoms with E-state index in [2.05, 4.69) is 5.32 Å². The third-order valence-electron chi connectivity index (χ3n) is 5.93. The lowest BCUT2D eigenvalue weighted by atomic mass is 10.0. The monoisotopic (exact) mass is 411 g/mol. The van der Waals surface area contributed by atoms with Crippen LogP contribution in [0.2, 0.25) is 0 Å². The topological polar surface area (TPSA) is 69.7 Å². The Balaban J connectivity index is 1.48. The van der Waals surface area contributed by atoms with E-state index in [1.807, 2.05) is 54.6 Å². The standard InChI is InChI=1S/C25H21N3O3/c1-16(28-24(30)18-11-5-6-12-19(18)25(28)31)23(29)27-15-21(17-9-3-2-4-10-17)26-20-13-7-8-14-22(20)27/h2-14,16,21,26H,15H2,1H3. The SMILES string of the molecule is CC(C(=O)N1CC(c2ccccc2)Nc2ccccc21)N1C(=O)c2ccccc2C1=O. The van der Waals surface area contributed by atoms with E-state index in [4.69, 9.17) is 0 Å². The molecular weight excluding hydrogens is 390 g/mol. The minimum atomic E-state index is -0.921. The van der Waals surface area contributed by atoms with Gasteiger partial charge in [-0.1, -0.05) is 54.6 Å². The fraction of sp³-hybridized carbons (Fsp3) is 0.160. The third kappa shape index (κ3) is 3.08. The smallest absolute Gasteiger partial charge is 0.262 e. The van der Waals surface area contributed by atoms with Gasteiger partial charge in [-0.05, 0) is 36.8 Å². The van der Waals surface area contributed by atoms with Crippen molar-refractivity contribution in [3.63, 3.8) is 0 Å². The number of benzene rings is 3. The lowest BCUT2D eigenvalue weighted by Gasteiger charge is -2.38. The average Bonchev–Trinajstić information content (AvgIpc) is 3.08. The van der Waals surface area contributed by atoms with Gasteiger partial charge in [0.25, 0.3) is 11.8 Å². The maximum absolute atomic E-state index is 13.6. The number of carbonyl (C=O) groups is 3. The maximum Gasteiger partial charge on any atom is 0.262 e. The van der Waals surface area contributed by atoms with Gasteiger partial charge in [0.2, 0.25) is 5.91 Å². The van der Waals surface area contributed by atoms with Gasteiger partial charge in [-0.25, -0.2) is 0 Å². The summed E-state index contributed by atoms with van der Waals surface area (Å²) in [5.41, 5.74) is 3.32. The molecule has 3 aromatic carbocycles. The molecule has 0 fully saturated rings. The quantitative estimate of drug-likeness (QED) is 0.665. The Morgan fingerprint density at radius 2 is 1.45 bits per heavy atom. The Bertz CT molecular complexity index is 1160. The van der Waals surface area contributed by atoms with Gasteiger partial charge >= 0.3 is 0 Å². The molecule has 154 valence electrons. The zero-order valence-corrected chi connectivity index (χ0v) is 17.0. The van der Waals surface area contributed by atoms with Gasteiger partial charge in [-0.15, -0.1) is 0 Å². The van der Waals surface area contributed by atoms with Crippen LogP contribution in [-0.4, -0.2) is 35.2 Å². The third-order valence-corrected chi connectivity index (χ3v) is 5.93. The van der Waals surface area contributed by atoms with Gasteiger partial charge in [0, 0.05) is 0 Å². The van der Waals surface area contributed by atoms with Crippen molar-refractivity contribution in [3.05, 3.63) is 95.6 Å². The van der Waals surface area contributed by atoms with Crippen LogP contribution in [0.3, 0.4) is 0 Å². The molecule has 2 aliphatic rings. The van der Waals surface area contributed by atoms with Crippen LogP contribution in [0.1, 0.15) is 39.2 Å².